The van der Waals surface area contributed by atoms with Crippen molar-refractivity contribution < 1.29 is 28.5 Å². The third kappa shape index (κ3) is 4.15. The Balaban J connectivity index is 2.01. The molecule has 6 heteroatoms. The molecule has 0 aromatic heterocycles. The second-order valence-corrected chi connectivity index (χ2v) is 5.99. The second-order valence-electron chi connectivity index (χ2n) is 5.99. The van der Waals surface area contributed by atoms with Gasteiger partial charge in [-0.25, -0.2) is 4.79 Å². The van der Waals surface area contributed by atoms with Gasteiger partial charge in [-0.3, -0.25) is 4.79 Å². The Bertz CT molecular complexity index is 426. The minimum Gasteiger partial charge on any atom is -0.454 e. The molecule has 22 heavy (non-hydrogen) atoms. The number of ether oxygens (including phenoxy) is 4. The second kappa shape index (κ2) is 7.35. The number of hydrogen-bond acceptors (Lipinski definition) is 6. The van der Waals surface area contributed by atoms with E-state index in [0.717, 1.165) is 12.8 Å². The van der Waals surface area contributed by atoms with Crippen LogP contribution in [0, 0.1) is 5.92 Å². The van der Waals surface area contributed by atoms with Crippen molar-refractivity contribution in [2.24, 2.45) is 5.92 Å². The lowest BCUT2D eigenvalue weighted by atomic mass is 9.90. The SMILES string of the molecule is C=C(C)C(=O)OCC(=O)C(C1CCC(C)O1)C1COC(C)O1. The summed E-state index contributed by atoms with van der Waals surface area (Å²) < 4.78 is 21.9. The molecule has 2 fully saturated rings. The number of Topliss-reactive ketones (excluding diaryl/α,β-unsaturated/α-hetero) is 1. The lowest BCUT2D eigenvalue weighted by Gasteiger charge is -2.26. The van der Waals surface area contributed by atoms with Crippen molar-refractivity contribution in [1.29, 1.82) is 0 Å². The molecule has 0 radical (unpaired) electrons. The Morgan fingerprint density at radius 3 is 2.45 bits per heavy atom. The van der Waals surface area contributed by atoms with E-state index in [-0.39, 0.29) is 42.6 Å². The van der Waals surface area contributed by atoms with Crippen LogP contribution in [-0.4, -0.2) is 49.6 Å². The van der Waals surface area contributed by atoms with Gasteiger partial charge in [0.25, 0.3) is 0 Å². The molecule has 124 valence electrons. The summed E-state index contributed by atoms with van der Waals surface area (Å²) in [6.45, 7) is 8.87. The molecular formula is C16H24O6. The smallest absolute Gasteiger partial charge is 0.333 e. The van der Waals surface area contributed by atoms with Crippen molar-refractivity contribution in [2.45, 2.75) is 58.2 Å². The van der Waals surface area contributed by atoms with Crippen molar-refractivity contribution in [3.05, 3.63) is 12.2 Å². The highest BCUT2D eigenvalue weighted by Gasteiger charge is 2.43. The van der Waals surface area contributed by atoms with E-state index >= 15 is 0 Å². The van der Waals surface area contributed by atoms with Crippen LogP contribution in [-0.2, 0) is 28.5 Å². The van der Waals surface area contributed by atoms with Crippen LogP contribution in [0.5, 0.6) is 0 Å². The van der Waals surface area contributed by atoms with Crippen LogP contribution < -0.4 is 0 Å². The normalized spacial score (nSPS) is 32.7. The van der Waals surface area contributed by atoms with Gasteiger partial charge in [-0.1, -0.05) is 6.58 Å². The Labute approximate surface area is 130 Å². The minimum atomic E-state index is -0.565. The van der Waals surface area contributed by atoms with Gasteiger partial charge in [0.1, 0.15) is 0 Å². The molecule has 2 heterocycles. The van der Waals surface area contributed by atoms with Gasteiger partial charge in [0, 0.05) is 5.57 Å². The Morgan fingerprint density at radius 1 is 1.23 bits per heavy atom. The van der Waals surface area contributed by atoms with Crippen LogP contribution in [0.15, 0.2) is 12.2 Å². The molecule has 5 atom stereocenters. The first-order valence-corrected chi connectivity index (χ1v) is 7.66. The van der Waals surface area contributed by atoms with Gasteiger partial charge in [0.05, 0.1) is 30.8 Å². The van der Waals surface area contributed by atoms with Gasteiger partial charge >= 0.3 is 5.97 Å². The van der Waals surface area contributed by atoms with Crippen molar-refractivity contribution in [3.8, 4) is 0 Å². The number of carbonyl (C=O) groups is 2. The van der Waals surface area contributed by atoms with Gasteiger partial charge in [0.15, 0.2) is 18.7 Å². The van der Waals surface area contributed by atoms with Gasteiger partial charge in [0.2, 0.25) is 0 Å². The largest absolute Gasteiger partial charge is 0.454 e. The molecule has 0 saturated carbocycles. The summed E-state index contributed by atoms with van der Waals surface area (Å²) in [4.78, 5) is 24.0. The molecule has 0 aromatic rings. The van der Waals surface area contributed by atoms with Gasteiger partial charge in [-0.05, 0) is 33.6 Å². The van der Waals surface area contributed by atoms with E-state index in [1.165, 1.54) is 0 Å². The van der Waals surface area contributed by atoms with Gasteiger partial charge in [-0.2, -0.15) is 0 Å². The fourth-order valence-corrected chi connectivity index (χ4v) is 2.85. The maximum atomic E-state index is 12.5. The number of carbonyl (C=O) groups excluding carboxylic acids is 2. The summed E-state index contributed by atoms with van der Waals surface area (Å²) in [5, 5.41) is 0. The maximum absolute atomic E-state index is 12.5. The molecule has 0 aromatic carbocycles. The molecule has 0 N–H and O–H groups in total. The van der Waals surface area contributed by atoms with E-state index in [9.17, 15) is 9.59 Å². The van der Waals surface area contributed by atoms with Crippen LogP contribution in [0.4, 0.5) is 0 Å². The zero-order valence-corrected chi connectivity index (χ0v) is 13.4. The quantitative estimate of drug-likeness (QED) is 0.548. The fourth-order valence-electron chi connectivity index (χ4n) is 2.85. The van der Waals surface area contributed by atoms with E-state index < -0.39 is 11.9 Å². The van der Waals surface area contributed by atoms with Crippen LogP contribution >= 0.6 is 0 Å². The Kier molecular flexibility index (Phi) is 5.72. The van der Waals surface area contributed by atoms with Crippen LogP contribution in [0.2, 0.25) is 0 Å². The lowest BCUT2D eigenvalue weighted by Crippen LogP contribution is -2.41. The standard InChI is InChI=1S/C16H24O6/c1-9(2)16(18)20-7-12(17)15(13-6-5-10(3)21-13)14-8-19-11(4)22-14/h10-11,13-15H,1,5-8H2,2-4H3. The van der Waals surface area contributed by atoms with E-state index in [2.05, 4.69) is 6.58 Å². The van der Waals surface area contributed by atoms with Crippen LogP contribution in [0.1, 0.15) is 33.6 Å². The van der Waals surface area contributed by atoms with Crippen molar-refractivity contribution in [2.75, 3.05) is 13.2 Å². The fraction of sp³-hybridized carbons (Fsp3) is 0.750. The molecule has 2 saturated heterocycles. The summed E-state index contributed by atoms with van der Waals surface area (Å²) >= 11 is 0. The molecule has 2 aliphatic heterocycles. The highest BCUT2D eigenvalue weighted by molar-refractivity contribution is 5.90. The molecule has 0 aliphatic carbocycles. The predicted molar refractivity (Wildman–Crippen MR) is 78.1 cm³/mol. The van der Waals surface area contributed by atoms with E-state index in [1.54, 1.807) is 13.8 Å². The summed E-state index contributed by atoms with van der Waals surface area (Å²) in [7, 11) is 0. The summed E-state index contributed by atoms with van der Waals surface area (Å²) in [5.74, 6) is -1.24. The first-order valence-electron chi connectivity index (χ1n) is 7.66. The van der Waals surface area contributed by atoms with Gasteiger partial charge in [-0.15, -0.1) is 0 Å². The highest BCUT2D eigenvalue weighted by atomic mass is 16.7. The third-order valence-electron chi connectivity index (χ3n) is 3.99. The average molecular weight is 312 g/mol. The van der Waals surface area contributed by atoms with Crippen molar-refractivity contribution >= 4 is 11.8 Å². The first kappa shape index (κ1) is 17.1. The van der Waals surface area contributed by atoms with E-state index in [1.807, 2.05) is 6.92 Å². The molecule has 0 bridgehead atoms. The van der Waals surface area contributed by atoms with Gasteiger partial charge < -0.3 is 18.9 Å². The molecule has 5 unspecified atom stereocenters. The van der Waals surface area contributed by atoms with Crippen LogP contribution in [0.3, 0.4) is 0 Å². The zero-order valence-electron chi connectivity index (χ0n) is 13.4. The number of hydrogen-bond donors (Lipinski definition) is 0. The van der Waals surface area contributed by atoms with Crippen LogP contribution in [0.25, 0.3) is 0 Å². The van der Waals surface area contributed by atoms with Crippen molar-refractivity contribution in [3.63, 3.8) is 0 Å². The number of ketones is 1. The molecule has 0 spiro atoms. The van der Waals surface area contributed by atoms with Crippen molar-refractivity contribution in [1.82, 2.24) is 0 Å². The lowest BCUT2D eigenvalue weighted by molar-refractivity contribution is -0.151. The number of rotatable bonds is 6. The molecule has 0 amide bonds. The zero-order chi connectivity index (χ0) is 16.3. The summed E-state index contributed by atoms with van der Waals surface area (Å²) in [5.41, 5.74) is 0.268. The Hall–Kier alpha value is -1.24. The number of esters is 1. The van der Waals surface area contributed by atoms with E-state index in [0.29, 0.717) is 6.61 Å². The average Bonchev–Trinajstić information content (AvgIpc) is 3.06. The molecule has 6 nitrogen and oxygen atoms in total. The third-order valence-corrected chi connectivity index (χ3v) is 3.99. The molecular weight excluding hydrogens is 288 g/mol. The first-order chi connectivity index (χ1) is 10.4. The topological polar surface area (TPSA) is 71.1 Å². The minimum absolute atomic E-state index is 0.123. The van der Waals surface area contributed by atoms with E-state index in [4.69, 9.17) is 18.9 Å². The predicted octanol–water partition coefficient (Wildman–Crippen LogP) is 1.62. The molecule has 2 aliphatic rings. The summed E-state index contributed by atoms with van der Waals surface area (Å²) in [6, 6.07) is 0. The summed E-state index contributed by atoms with van der Waals surface area (Å²) in [6.07, 6.45) is 0.907. The molecule has 2 rings (SSSR count). The maximum Gasteiger partial charge on any atom is 0.333 e. The monoisotopic (exact) mass is 312 g/mol. The highest BCUT2D eigenvalue weighted by Crippen LogP contribution is 2.31. The Morgan fingerprint density at radius 2 is 1.95 bits per heavy atom.